The summed E-state index contributed by atoms with van der Waals surface area (Å²) in [7, 11) is 0. The third-order valence-corrected chi connectivity index (χ3v) is 5.27. The molecule has 2 N–H and O–H groups in total. The number of hydrogen-bond donors (Lipinski definition) is 2. The van der Waals surface area contributed by atoms with Gasteiger partial charge in [-0.15, -0.1) is 0 Å². The number of benzene rings is 2. The van der Waals surface area contributed by atoms with Gasteiger partial charge in [-0.3, -0.25) is 14.4 Å². The minimum absolute atomic E-state index is 0.115. The van der Waals surface area contributed by atoms with Crippen LogP contribution in [-0.4, -0.2) is 53.9 Å². The second kappa shape index (κ2) is 8.45. The van der Waals surface area contributed by atoms with Gasteiger partial charge in [0.25, 0.3) is 5.91 Å². The van der Waals surface area contributed by atoms with E-state index in [0.29, 0.717) is 25.1 Å². The lowest BCUT2D eigenvalue weighted by atomic mass is 10.1. The molecule has 0 aromatic heterocycles. The van der Waals surface area contributed by atoms with Crippen LogP contribution >= 0.6 is 0 Å². The predicted molar refractivity (Wildman–Crippen MR) is 106 cm³/mol. The van der Waals surface area contributed by atoms with Crippen molar-refractivity contribution in [3.05, 3.63) is 71.8 Å². The summed E-state index contributed by atoms with van der Waals surface area (Å²) >= 11 is 0. The number of hydrogen-bond acceptors (Lipinski definition) is 4. The van der Waals surface area contributed by atoms with Gasteiger partial charge in [0.15, 0.2) is 0 Å². The molecule has 3 amide bonds. The van der Waals surface area contributed by atoms with Gasteiger partial charge in [0.05, 0.1) is 13.2 Å². The van der Waals surface area contributed by atoms with E-state index in [1.165, 1.54) is 0 Å². The summed E-state index contributed by atoms with van der Waals surface area (Å²) in [5.74, 6) is -0.570. The van der Waals surface area contributed by atoms with Gasteiger partial charge in [0, 0.05) is 18.2 Å². The molecule has 2 aromatic rings. The molecular weight excluding hydrogens is 370 g/mol. The molecule has 29 heavy (non-hydrogen) atoms. The van der Waals surface area contributed by atoms with Crippen LogP contribution in [0, 0.1) is 0 Å². The van der Waals surface area contributed by atoms with Crippen molar-refractivity contribution < 1.29 is 19.1 Å². The normalized spacial score (nSPS) is 23.4. The fourth-order valence-electron chi connectivity index (χ4n) is 3.80. The van der Waals surface area contributed by atoms with Gasteiger partial charge >= 0.3 is 0 Å². The summed E-state index contributed by atoms with van der Waals surface area (Å²) in [6, 6.07) is 17.0. The molecule has 2 fully saturated rings. The Morgan fingerprint density at radius 3 is 2.48 bits per heavy atom. The van der Waals surface area contributed by atoms with Crippen LogP contribution in [0.3, 0.4) is 0 Å². The van der Waals surface area contributed by atoms with Gasteiger partial charge < -0.3 is 20.3 Å². The Morgan fingerprint density at radius 1 is 1.07 bits per heavy atom. The van der Waals surface area contributed by atoms with E-state index in [0.717, 1.165) is 5.56 Å². The number of nitrogens with one attached hydrogen (secondary N) is 2. The summed E-state index contributed by atoms with van der Waals surface area (Å²) in [5, 5.41) is 5.69. The quantitative estimate of drug-likeness (QED) is 0.769. The van der Waals surface area contributed by atoms with Crippen LogP contribution in [0.15, 0.2) is 60.7 Å². The first kappa shape index (κ1) is 19.1. The Hall–Kier alpha value is -3.19. The highest BCUT2D eigenvalue weighted by atomic mass is 16.5. The zero-order valence-electron chi connectivity index (χ0n) is 15.9. The highest BCUT2D eigenvalue weighted by Gasteiger charge is 2.46. The van der Waals surface area contributed by atoms with E-state index in [9.17, 15) is 14.4 Å². The third kappa shape index (κ3) is 4.30. The molecular formula is C22H23N3O4. The molecule has 0 bridgehead atoms. The zero-order chi connectivity index (χ0) is 20.2. The van der Waals surface area contributed by atoms with E-state index in [-0.39, 0.29) is 30.4 Å². The van der Waals surface area contributed by atoms with Crippen LogP contribution < -0.4 is 10.6 Å². The van der Waals surface area contributed by atoms with Crippen molar-refractivity contribution in [2.24, 2.45) is 0 Å². The average molecular weight is 393 g/mol. The summed E-state index contributed by atoms with van der Waals surface area (Å²) in [4.78, 5) is 39.2. The fraction of sp³-hybridized carbons (Fsp3) is 0.318. The first-order valence-electron chi connectivity index (χ1n) is 9.70. The SMILES string of the molecule is O=C(N[C@H]1C[C@H]2C(=O)N[C@@H](COCc3ccccc3)C(=O)N2C1)c1ccccc1. The van der Waals surface area contributed by atoms with Crippen molar-refractivity contribution in [1.82, 2.24) is 15.5 Å². The number of piperazine rings is 1. The van der Waals surface area contributed by atoms with Crippen molar-refractivity contribution in [2.45, 2.75) is 31.2 Å². The highest BCUT2D eigenvalue weighted by molar-refractivity contribution is 5.98. The van der Waals surface area contributed by atoms with Crippen molar-refractivity contribution in [2.75, 3.05) is 13.2 Å². The molecule has 0 saturated carbocycles. The monoisotopic (exact) mass is 393 g/mol. The van der Waals surface area contributed by atoms with Crippen LogP contribution in [0.4, 0.5) is 0 Å². The minimum atomic E-state index is -0.703. The Kier molecular flexibility index (Phi) is 5.57. The van der Waals surface area contributed by atoms with Crippen molar-refractivity contribution in [1.29, 1.82) is 0 Å². The summed E-state index contributed by atoms with van der Waals surface area (Å²) < 4.78 is 5.64. The molecule has 2 saturated heterocycles. The van der Waals surface area contributed by atoms with Gasteiger partial charge in [-0.2, -0.15) is 0 Å². The Bertz CT molecular complexity index is 887. The lowest BCUT2D eigenvalue weighted by Crippen LogP contribution is -2.62. The first-order valence-corrected chi connectivity index (χ1v) is 9.70. The highest BCUT2D eigenvalue weighted by Crippen LogP contribution is 2.23. The van der Waals surface area contributed by atoms with Crippen LogP contribution in [0.5, 0.6) is 0 Å². The summed E-state index contributed by atoms with van der Waals surface area (Å²) in [5.41, 5.74) is 1.56. The lowest BCUT2D eigenvalue weighted by molar-refractivity contribution is -0.148. The predicted octanol–water partition coefficient (Wildman–Crippen LogP) is 1.10. The topological polar surface area (TPSA) is 87.7 Å². The summed E-state index contributed by atoms with van der Waals surface area (Å²) in [6.45, 7) is 0.814. The van der Waals surface area contributed by atoms with E-state index in [1.54, 1.807) is 29.2 Å². The number of rotatable bonds is 6. The fourth-order valence-corrected chi connectivity index (χ4v) is 3.80. The van der Waals surface area contributed by atoms with E-state index in [4.69, 9.17) is 4.74 Å². The molecule has 2 aromatic carbocycles. The number of carbonyl (C=O) groups is 3. The van der Waals surface area contributed by atoms with Gasteiger partial charge in [-0.25, -0.2) is 0 Å². The molecule has 2 heterocycles. The number of amides is 3. The number of carbonyl (C=O) groups excluding carboxylic acids is 3. The van der Waals surface area contributed by atoms with Gasteiger partial charge in [0.1, 0.15) is 12.1 Å². The third-order valence-electron chi connectivity index (χ3n) is 5.27. The molecule has 3 atom stereocenters. The van der Waals surface area contributed by atoms with E-state index in [2.05, 4.69) is 10.6 Å². The first-order chi connectivity index (χ1) is 14.1. The summed E-state index contributed by atoms with van der Waals surface area (Å²) in [6.07, 6.45) is 0.410. The van der Waals surface area contributed by atoms with Crippen LogP contribution in [0.25, 0.3) is 0 Å². The maximum atomic E-state index is 12.8. The number of ether oxygens (including phenoxy) is 1. The van der Waals surface area contributed by atoms with Gasteiger partial charge in [-0.05, 0) is 24.1 Å². The standard InChI is InChI=1S/C22H23N3O4/c26-20(16-9-5-2-6-10-16)23-17-11-19-21(27)24-18(22(28)25(19)12-17)14-29-13-15-7-3-1-4-8-15/h1-10,17-19H,11-14H2,(H,23,26)(H,24,27)/t17-,18-,19-/m0/s1. The van der Waals surface area contributed by atoms with Gasteiger partial charge in [-0.1, -0.05) is 48.5 Å². The maximum Gasteiger partial charge on any atom is 0.251 e. The van der Waals surface area contributed by atoms with Crippen molar-refractivity contribution in [3.63, 3.8) is 0 Å². The molecule has 7 nitrogen and oxygen atoms in total. The molecule has 0 radical (unpaired) electrons. The van der Waals surface area contributed by atoms with Gasteiger partial charge in [0.2, 0.25) is 11.8 Å². The Morgan fingerprint density at radius 2 is 1.76 bits per heavy atom. The van der Waals surface area contributed by atoms with E-state index < -0.39 is 12.1 Å². The maximum absolute atomic E-state index is 12.8. The van der Waals surface area contributed by atoms with Crippen LogP contribution in [-0.2, 0) is 20.9 Å². The second-order valence-corrected chi connectivity index (χ2v) is 7.34. The average Bonchev–Trinajstić information content (AvgIpc) is 3.18. The van der Waals surface area contributed by atoms with E-state index >= 15 is 0 Å². The number of nitrogens with zero attached hydrogens (tertiary/aromatic N) is 1. The largest absolute Gasteiger partial charge is 0.374 e. The minimum Gasteiger partial charge on any atom is -0.374 e. The smallest absolute Gasteiger partial charge is 0.251 e. The molecule has 0 spiro atoms. The molecule has 2 aliphatic heterocycles. The number of fused-ring (bicyclic) bond motifs is 1. The molecule has 7 heteroatoms. The lowest BCUT2D eigenvalue weighted by Gasteiger charge is -2.34. The molecule has 4 rings (SSSR count). The second-order valence-electron chi connectivity index (χ2n) is 7.34. The van der Waals surface area contributed by atoms with Crippen LogP contribution in [0.2, 0.25) is 0 Å². The molecule has 2 aliphatic rings. The Labute approximate surface area is 169 Å². The van der Waals surface area contributed by atoms with E-state index in [1.807, 2.05) is 36.4 Å². The molecule has 150 valence electrons. The van der Waals surface area contributed by atoms with Crippen molar-refractivity contribution >= 4 is 17.7 Å². The molecule has 0 aliphatic carbocycles. The zero-order valence-corrected chi connectivity index (χ0v) is 15.9. The van der Waals surface area contributed by atoms with Crippen molar-refractivity contribution in [3.8, 4) is 0 Å². The van der Waals surface area contributed by atoms with Crippen LogP contribution in [0.1, 0.15) is 22.3 Å². The Balaban J connectivity index is 1.33. The molecule has 0 unspecified atom stereocenters.